The second-order valence-electron chi connectivity index (χ2n) is 4.63. The Kier molecular flexibility index (Phi) is 3.47. The van der Waals surface area contributed by atoms with Crippen LogP contribution in [0.15, 0.2) is 6.07 Å². The molecule has 0 unspecified atom stereocenters. The standard InChI is InChI=1S/C13H20N2O3/c1-8-9(2)12(17-4)10(5-11(8)16-3)13(15-14)6-18-7-13/h5,15H,6-7,14H2,1-4H3. The van der Waals surface area contributed by atoms with Gasteiger partial charge in [-0.25, -0.2) is 5.43 Å². The van der Waals surface area contributed by atoms with Crippen LogP contribution in [-0.2, 0) is 10.3 Å². The van der Waals surface area contributed by atoms with Crippen molar-refractivity contribution in [3.8, 4) is 11.5 Å². The first kappa shape index (κ1) is 13.1. The maximum absolute atomic E-state index is 5.68. The Labute approximate surface area is 107 Å². The quantitative estimate of drug-likeness (QED) is 0.618. The predicted octanol–water partition coefficient (Wildman–Crippen LogP) is 1.01. The van der Waals surface area contributed by atoms with Crippen molar-refractivity contribution in [2.24, 2.45) is 5.84 Å². The molecule has 0 amide bonds. The molecule has 0 spiro atoms. The zero-order valence-corrected chi connectivity index (χ0v) is 11.3. The zero-order chi connectivity index (χ0) is 13.3. The Morgan fingerprint density at radius 2 is 1.89 bits per heavy atom. The van der Waals surface area contributed by atoms with Gasteiger partial charge in [0.05, 0.1) is 27.4 Å². The minimum atomic E-state index is -0.378. The highest BCUT2D eigenvalue weighted by molar-refractivity contribution is 5.55. The van der Waals surface area contributed by atoms with Crippen molar-refractivity contribution in [3.63, 3.8) is 0 Å². The average Bonchev–Trinajstić information content (AvgIpc) is 2.33. The summed E-state index contributed by atoms with van der Waals surface area (Å²) >= 11 is 0. The van der Waals surface area contributed by atoms with Gasteiger partial charge in [-0.2, -0.15) is 0 Å². The predicted molar refractivity (Wildman–Crippen MR) is 68.8 cm³/mol. The van der Waals surface area contributed by atoms with Crippen molar-refractivity contribution in [2.75, 3.05) is 27.4 Å². The summed E-state index contributed by atoms with van der Waals surface area (Å²) in [6.45, 7) is 5.10. The molecule has 0 atom stereocenters. The zero-order valence-electron chi connectivity index (χ0n) is 11.3. The van der Waals surface area contributed by atoms with E-state index in [0.29, 0.717) is 13.2 Å². The molecule has 100 valence electrons. The van der Waals surface area contributed by atoms with Crippen molar-refractivity contribution in [1.29, 1.82) is 0 Å². The maximum atomic E-state index is 5.68. The van der Waals surface area contributed by atoms with Gasteiger partial charge in [0.1, 0.15) is 17.0 Å². The van der Waals surface area contributed by atoms with Crippen molar-refractivity contribution in [3.05, 3.63) is 22.8 Å². The monoisotopic (exact) mass is 252 g/mol. The number of hydrazine groups is 1. The van der Waals surface area contributed by atoms with Crippen LogP contribution in [-0.4, -0.2) is 27.4 Å². The molecule has 5 heteroatoms. The van der Waals surface area contributed by atoms with Crippen LogP contribution in [0.1, 0.15) is 16.7 Å². The third-order valence-corrected chi connectivity index (χ3v) is 3.71. The van der Waals surface area contributed by atoms with Gasteiger partial charge in [-0.1, -0.05) is 0 Å². The number of methoxy groups -OCH3 is 2. The number of nitrogens with one attached hydrogen (secondary N) is 1. The molecule has 1 aliphatic heterocycles. The molecule has 0 bridgehead atoms. The van der Waals surface area contributed by atoms with Crippen molar-refractivity contribution in [2.45, 2.75) is 19.4 Å². The van der Waals surface area contributed by atoms with E-state index >= 15 is 0 Å². The first-order valence-electron chi connectivity index (χ1n) is 5.88. The van der Waals surface area contributed by atoms with Crippen LogP contribution >= 0.6 is 0 Å². The number of ether oxygens (including phenoxy) is 3. The fourth-order valence-corrected chi connectivity index (χ4v) is 2.32. The SMILES string of the molecule is COc1cc(C2(NN)COC2)c(OC)c(C)c1C. The van der Waals surface area contributed by atoms with E-state index in [1.165, 1.54) is 0 Å². The molecule has 0 radical (unpaired) electrons. The largest absolute Gasteiger partial charge is 0.496 e. The van der Waals surface area contributed by atoms with E-state index in [1.54, 1.807) is 14.2 Å². The van der Waals surface area contributed by atoms with E-state index in [4.69, 9.17) is 20.1 Å². The second kappa shape index (κ2) is 4.76. The molecular formula is C13H20N2O3. The maximum Gasteiger partial charge on any atom is 0.127 e. The molecule has 0 aromatic heterocycles. The molecule has 5 nitrogen and oxygen atoms in total. The molecule has 1 aromatic carbocycles. The van der Waals surface area contributed by atoms with E-state index in [-0.39, 0.29) is 5.54 Å². The van der Waals surface area contributed by atoms with Gasteiger partial charge in [-0.3, -0.25) is 5.84 Å². The molecule has 1 fully saturated rings. The molecule has 2 rings (SSSR count). The number of hydrogen-bond donors (Lipinski definition) is 2. The summed E-state index contributed by atoms with van der Waals surface area (Å²) in [5, 5.41) is 0. The molecule has 18 heavy (non-hydrogen) atoms. The summed E-state index contributed by atoms with van der Waals surface area (Å²) in [5.41, 5.74) is 5.59. The fourth-order valence-electron chi connectivity index (χ4n) is 2.32. The lowest BCUT2D eigenvalue weighted by Crippen LogP contribution is -2.60. The topological polar surface area (TPSA) is 65.7 Å². The Morgan fingerprint density at radius 1 is 1.22 bits per heavy atom. The summed E-state index contributed by atoms with van der Waals surface area (Å²) in [5.74, 6) is 7.36. The van der Waals surface area contributed by atoms with Crippen LogP contribution in [0.5, 0.6) is 11.5 Å². The molecular weight excluding hydrogens is 232 g/mol. The lowest BCUT2D eigenvalue weighted by atomic mass is 9.85. The number of benzene rings is 1. The Morgan fingerprint density at radius 3 is 2.28 bits per heavy atom. The van der Waals surface area contributed by atoms with Gasteiger partial charge < -0.3 is 14.2 Å². The Hall–Kier alpha value is -1.30. The summed E-state index contributed by atoms with van der Waals surface area (Å²) in [7, 11) is 3.33. The summed E-state index contributed by atoms with van der Waals surface area (Å²) < 4.78 is 16.2. The van der Waals surface area contributed by atoms with Gasteiger partial charge in [-0.15, -0.1) is 0 Å². The smallest absolute Gasteiger partial charge is 0.127 e. The highest BCUT2D eigenvalue weighted by Gasteiger charge is 2.42. The van der Waals surface area contributed by atoms with Gasteiger partial charge >= 0.3 is 0 Å². The Bertz CT molecular complexity index is 451. The number of nitrogens with two attached hydrogens (primary N) is 1. The third-order valence-electron chi connectivity index (χ3n) is 3.71. The van der Waals surface area contributed by atoms with Crippen LogP contribution in [0, 0.1) is 13.8 Å². The second-order valence-corrected chi connectivity index (χ2v) is 4.63. The number of hydrogen-bond acceptors (Lipinski definition) is 5. The van der Waals surface area contributed by atoms with E-state index < -0.39 is 0 Å². The first-order valence-corrected chi connectivity index (χ1v) is 5.88. The van der Waals surface area contributed by atoms with Gasteiger partial charge in [0.2, 0.25) is 0 Å². The highest BCUT2D eigenvalue weighted by atomic mass is 16.5. The normalized spacial score (nSPS) is 17.2. The lowest BCUT2D eigenvalue weighted by Gasteiger charge is -2.42. The molecule has 1 aliphatic rings. The Balaban J connectivity index is 2.61. The van der Waals surface area contributed by atoms with Crippen molar-refractivity contribution < 1.29 is 14.2 Å². The van der Waals surface area contributed by atoms with Gasteiger partial charge in [-0.05, 0) is 31.0 Å². The molecule has 1 saturated heterocycles. The summed E-state index contributed by atoms with van der Waals surface area (Å²) in [6.07, 6.45) is 0. The van der Waals surface area contributed by atoms with Crippen LogP contribution in [0.25, 0.3) is 0 Å². The molecule has 0 aliphatic carbocycles. The van der Waals surface area contributed by atoms with Crippen molar-refractivity contribution in [1.82, 2.24) is 5.43 Å². The van der Waals surface area contributed by atoms with Gasteiger partial charge in [0, 0.05) is 5.56 Å². The van der Waals surface area contributed by atoms with E-state index in [9.17, 15) is 0 Å². The minimum absolute atomic E-state index is 0.378. The van der Waals surface area contributed by atoms with Crippen LogP contribution in [0.3, 0.4) is 0 Å². The van der Waals surface area contributed by atoms with Crippen molar-refractivity contribution >= 4 is 0 Å². The lowest BCUT2D eigenvalue weighted by molar-refractivity contribution is -0.0796. The molecule has 3 N–H and O–H groups in total. The van der Waals surface area contributed by atoms with E-state index in [2.05, 4.69) is 5.43 Å². The molecule has 1 heterocycles. The van der Waals surface area contributed by atoms with Crippen LogP contribution in [0.2, 0.25) is 0 Å². The first-order chi connectivity index (χ1) is 8.59. The van der Waals surface area contributed by atoms with E-state index in [0.717, 1.165) is 28.2 Å². The third kappa shape index (κ3) is 1.75. The van der Waals surface area contributed by atoms with Gasteiger partial charge in [0.15, 0.2) is 0 Å². The average molecular weight is 252 g/mol. The summed E-state index contributed by atoms with van der Waals surface area (Å²) in [4.78, 5) is 0. The fraction of sp³-hybridized carbons (Fsp3) is 0.538. The van der Waals surface area contributed by atoms with Crippen LogP contribution in [0.4, 0.5) is 0 Å². The molecule has 0 saturated carbocycles. The van der Waals surface area contributed by atoms with Gasteiger partial charge in [0.25, 0.3) is 0 Å². The number of rotatable bonds is 4. The van der Waals surface area contributed by atoms with Crippen LogP contribution < -0.4 is 20.7 Å². The molecule has 1 aromatic rings. The minimum Gasteiger partial charge on any atom is -0.496 e. The highest BCUT2D eigenvalue weighted by Crippen LogP contribution is 2.41. The van der Waals surface area contributed by atoms with E-state index in [1.807, 2.05) is 19.9 Å². The summed E-state index contributed by atoms with van der Waals surface area (Å²) in [6, 6.07) is 1.98.